The van der Waals surface area contributed by atoms with E-state index in [-0.39, 0.29) is 10.4 Å². The number of benzene rings is 4. The summed E-state index contributed by atoms with van der Waals surface area (Å²) >= 11 is 1.47. The first-order chi connectivity index (χ1) is 17.7. The van der Waals surface area contributed by atoms with E-state index in [0.717, 1.165) is 19.5 Å². The van der Waals surface area contributed by atoms with E-state index in [9.17, 15) is 4.79 Å². The third kappa shape index (κ3) is 4.95. The second-order valence-electron chi connectivity index (χ2n) is 9.25. The van der Waals surface area contributed by atoms with Crippen molar-refractivity contribution >= 4 is 23.0 Å². The first-order valence-electron chi connectivity index (χ1n) is 12.5. The molecule has 5 rings (SSSR count). The summed E-state index contributed by atoms with van der Waals surface area (Å²) in [4.78, 5) is 14.8. The van der Waals surface area contributed by atoms with Gasteiger partial charge in [0, 0.05) is 25.3 Å². The highest BCUT2D eigenvalue weighted by Crippen LogP contribution is 2.45. The Hall–Kier alpha value is -3.40. The van der Waals surface area contributed by atoms with E-state index in [2.05, 4.69) is 126 Å². The molecule has 0 aromatic heterocycles. The Bertz CT molecular complexity index is 1210. The van der Waals surface area contributed by atoms with E-state index in [1.165, 1.54) is 39.6 Å². The molecule has 0 amide bonds. The lowest BCUT2D eigenvalue weighted by molar-refractivity contribution is -0.109. The van der Waals surface area contributed by atoms with Crippen molar-refractivity contribution in [2.45, 2.75) is 24.1 Å². The zero-order chi connectivity index (χ0) is 24.8. The quantitative estimate of drug-likeness (QED) is 0.263. The van der Waals surface area contributed by atoms with E-state index in [1.807, 2.05) is 6.07 Å². The fourth-order valence-corrected chi connectivity index (χ4v) is 6.39. The lowest BCUT2D eigenvalue weighted by Crippen LogP contribution is -2.52. The van der Waals surface area contributed by atoms with Crippen LogP contribution in [-0.4, -0.2) is 28.4 Å². The van der Waals surface area contributed by atoms with Crippen LogP contribution in [-0.2, 0) is 10.3 Å². The maximum absolute atomic E-state index is 12.2. The Morgan fingerprint density at radius 2 is 1.19 bits per heavy atom. The van der Waals surface area contributed by atoms with Gasteiger partial charge in [0.2, 0.25) is 0 Å². The molecule has 0 radical (unpaired) electrons. The highest BCUT2D eigenvalue weighted by Gasteiger charge is 2.44. The summed E-state index contributed by atoms with van der Waals surface area (Å²) < 4.78 is 0. The van der Waals surface area contributed by atoms with Crippen molar-refractivity contribution in [3.05, 3.63) is 149 Å². The molecule has 1 aliphatic rings. The van der Waals surface area contributed by atoms with Crippen LogP contribution in [0.15, 0.2) is 127 Å². The number of rotatable bonds is 6. The molecular weight excluding hydrogens is 458 g/mol. The molecule has 4 aromatic carbocycles. The van der Waals surface area contributed by atoms with Gasteiger partial charge in [-0.3, -0.25) is 9.69 Å². The minimum atomic E-state index is -0.453. The van der Waals surface area contributed by atoms with Crippen molar-refractivity contribution in [3.63, 3.8) is 0 Å². The Morgan fingerprint density at radius 3 is 1.64 bits per heavy atom. The molecule has 4 aromatic rings. The average molecular weight is 490 g/mol. The van der Waals surface area contributed by atoms with E-state index in [4.69, 9.17) is 0 Å². The zero-order valence-electron chi connectivity index (χ0n) is 20.6. The van der Waals surface area contributed by atoms with Gasteiger partial charge >= 0.3 is 0 Å². The van der Waals surface area contributed by atoms with Gasteiger partial charge in [0.25, 0.3) is 0 Å². The molecule has 1 saturated heterocycles. The molecule has 0 aliphatic carbocycles. The van der Waals surface area contributed by atoms with Gasteiger partial charge in [-0.15, -0.1) is 0 Å². The Morgan fingerprint density at radius 1 is 0.750 bits per heavy atom. The third-order valence-electron chi connectivity index (χ3n) is 6.96. The average Bonchev–Trinajstić information content (AvgIpc) is 2.93. The molecular formula is C33H31NOS. The number of piperidine rings is 1. The topological polar surface area (TPSA) is 20.3 Å². The van der Waals surface area contributed by atoms with Crippen LogP contribution in [0.3, 0.4) is 0 Å². The number of thioether (sulfide) groups is 1. The second-order valence-corrected chi connectivity index (χ2v) is 10.6. The number of carbonyl (C=O) groups excluding carboxylic acids is 1. The molecule has 1 atom stereocenters. The SMILES string of the molecule is CC(=O)SC1CCN(C(c2ccccc2)(c2ccccc2)c2ccccc2)C/C1=C/c1ccccc1. The zero-order valence-corrected chi connectivity index (χ0v) is 21.4. The Labute approximate surface area is 218 Å². The summed E-state index contributed by atoms with van der Waals surface area (Å²) in [5, 5.41) is 0.354. The fourth-order valence-electron chi connectivity index (χ4n) is 5.47. The molecule has 3 heteroatoms. The lowest BCUT2D eigenvalue weighted by atomic mass is 9.74. The van der Waals surface area contributed by atoms with Crippen LogP contribution >= 0.6 is 11.8 Å². The maximum Gasteiger partial charge on any atom is 0.186 e. The smallest absolute Gasteiger partial charge is 0.186 e. The molecule has 0 N–H and O–H groups in total. The molecule has 0 bridgehead atoms. The van der Waals surface area contributed by atoms with E-state index in [0.29, 0.717) is 0 Å². The van der Waals surface area contributed by atoms with Crippen molar-refractivity contribution in [1.82, 2.24) is 4.90 Å². The summed E-state index contributed by atoms with van der Waals surface area (Å²) in [6, 6.07) is 43.0. The van der Waals surface area contributed by atoms with Gasteiger partial charge in [-0.2, -0.15) is 0 Å². The number of likely N-dealkylation sites (tertiary alicyclic amines) is 1. The molecule has 1 fully saturated rings. The normalized spacial score (nSPS) is 17.7. The van der Waals surface area contributed by atoms with Crippen LogP contribution in [0.2, 0.25) is 0 Å². The largest absolute Gasteiger partial charge is 0.288 e. The number of hydrogen-bond acceptors (Lipinski definition) is 3. The maximum atomic E-state index is 12.2. The highest BCUT2D eigenvalue weighted by molar-refractivity contribution is 8.14. The van der Waals surface area contributed by atoms with Gasteiger partial charge in [0.15, 0.2) is 5.12 Å². The molecule has 0 spiro atoms. The molecule has 2 nitrogen and oxygen atoms in total. The summed E-state index contributed by atoms with van der Waals surface area (Å²) in [6.07, 6.45) is 3.20. The standard InChI is InChI=1S/C33H31NOS/c1-26(35)36-32-22-23-34(25-28(32)24-27-14-6-2-7-15-27)33(29-16-8-3-9-17-29,30-18-10-4-11-19-30)31-20-12-5-13-21-31/h2-21,24,32H,22-23,25H2,1H3/b28-24-. The summed E-state index contributed by atoms with van der Waals surface area (Å²) in [5.41, 5.74) is 5.76. The van der Waals surface area contributed by atoms with Crippen LogP contribution < -0.4 is 0 Å². The predicted octanol–water partition coefficient (Wildman–Crippen LogP) is 7.42. The molecule has 180 valence electrons. The minimum absolute atomic E-state index is 0.174. The van der Waals surface area contributed by atoms with Gasteiger partial charge in [0.05, 0.1) is 5.54 Å². The fraction of sp³-hybridized carbons (Fsp3) is 0.182. The lowest BCUT2D eigenvalue weighted by Gasteiger charge is -2.49. The summed E-state index contributed by atoms with van der Waals surface area (Å²) in [5.74, 6) is 0. The van der Waals surface area contributed by atoms with Crippen LogP contribution in [0.4, 0.5) is 0 Å². The van der Waals surface area contributed by atoms with Gasteiger partial charge in [-0.05, 0) is 34.2 Å². The highest BCUT2D eigenvalue weighted by atomic mass is 32.2. The predicted molar refractivity (Wildman–Crippen MR) is 152 cm³/mol. The van der Waals surface area contributed by atoms with Crippen LogP contribution in [0.5, 0.6) is 0 Å². The van der Waals surface area contributed by atoms with Crippen molar-refractivity contribution < 1.29 is 4.79 Å². The van der Waals surface area contributed by atoms with E-state index < -0.39 is 5.54 Å². The van der Waals surface area contributed by atoms with Gasteiger partial charge < -0.3 is 0 Å². The van der Waals surface area contributed by atoms with Crippen molar-refractivity contribution in [2.75, 3.05) is 13.1 Å². The van der Waals surface area contributed by atoms with Crippen LogP contribution in [0.25, 0.3) is 6.08 Å². The number of hydrogen-bond donors (Lipinski definition) is 0. The first-order valence-corrected chi connectivity index (χ1v) is 13.4. The Balaban J connectivity index is 1.69. The molecule has 1 aliphatic heterocycles. The van der Waals surface area contributed by atoms with E-state index in [1.54, 1.807) is 6.92 Å². The number of carbonyl (C=O) groups is 1. The van der Waals surface area contributed by atoms with Crippen LogP contribution in [0.1, 0.15) is 35.6 Å². The van der Waals surface area contributed by atoms with Crippen molar-refractivity contribution in [3.8, 4) is 0 Å². The molecule has 1 heterocycles. The van der Waals surface area contributed by atoms with Crippen molar-refractivity contribution in [1.29, 1.82) is 0 Å². The van der Waals surface area contributed by atoms with Gasteiger partial charge in [0.1, 0.15) is 0 Å². The Kier molecular flexibility index (Phi) is 7.50. The van der Waals surface area contributed by atoms with Gasteiger partial charge in [-0.25, -0.2) is 0 Å². The molecule has 1 unspecified atom stereocenters. The molecule has 36 heavy (non-hydrogen) atoms. The minimum Gasteiger partial charge on any atom is -0.288 e. The van der Waals surface area contributed by atoms with E-state index >= 15 is 0 Å². The number of nitrogens with zero attached hydrogens (tertiary/aromatic N) is 1. The second kappa shape index (κ2) is 11.1. The third-order valence-corrected chi connectivity index (χ3v) is 8.11. The summed E-state index contributed by atoms with van der Waals surface area (Å²) in [6.45, 7) is 3.34. The first kappa shape index (κ1) is 24.3. The summed E-state index contributed by atoms with van der Waals surface area (Å²) in [7, 11) is 0. The van der Waals surface area contributed by atoms with Crippen molar-refractivity contribution in [2.24, 2.45) is 0 Å². The molecule has 0 saturated carbocycles. The monoisotopic (exact) mass is 489 g/mol. The van der Waals surface area contributed by atoms with Crippen LogP contribution in [0, 0.1) is 0 Å². The van der Waals surface area contributed by atoms with Gasteiger partial charge in [-0.1, -0.05) is 139 Å².